The quantitative estimate of drug-likeness (QED) is 0.929. The van der Waals surface area contributed by atoms with Gasteiger partial charge in [0.25, 0.3) is 0 Å². The van der Waals surface area contributed by atoms with Crippen molar-refractivity contribution in [2.45, 2.75) is 19.5 Å². The summed E-state index contributed by atoms with van der Waals surface area (Å²) in [5, 5.41) is 10.0. The van der Waals surface area contributed by atoms with Gasteiger partial charge in [-0.05, 0) is 42.0 Å². The van der Waals surface area contributed by atoms with E-state index < -0.39 is 0 Å². The minimum atomic E-state index is 0.374. The second-order valence-corrected chi connectivity index (χ2v) is 6.30. The second-order valence-electron chi connectivity index (χ2n) is 5.45. The lowest BCUT2D eigenvalue weighted by Gasteiger charge is -2.22. The van der Waals surface area contributed by atoms with Gasteiger partial charge < -0.3 is 10.0 Å². The molecule has 1 aromatic rings. The molecule has 0 aliphatic carbocycles. The van der Waals surface area contributed by atoms with Crippen molar-refractivity contribution in [3.8, 4) is 5.75 Å². The van der Waals surface area contributed by atoms with Gasteiger partial charge in [-0.25, -0.2) is 0 Å². The molecule has 4 heteroatoms. The number of hydrogen-bond acceptors (Lipinski definition) is 3. The van der Waals surface area contributed by atoms with Crippen molar-refractivity contribution in [1.29, 1.82) is 0 Å². The summed E-state index contributed by atoms with van der Waals surface area (Å²) < 4.78 is 0.774. The smallest absolute Gasteiger partial charge is 0.134 e. The van der Waals surface area contributed by atoms with Crippen LogP contribution in [0.1, 0.15) is 12.5 Å². The van der Waals surface area contributed by atoms with Crippen LogP contribution < -0.4 is 0 Å². The number of halogens is 1. The maximum absolute atomic E-state index is 10.0. The van der Waals surface area contributed by atoms with Crippen LogP contribution in [0.15, 0.2) is 22.7 Å². The minimum absolute atomic E-state index is 0.374. The molecule has 3 nitrogen and oxygen atoms in total. The SMILES string of the molecule is CC1CN(Cc2cccc(Br)c2O)CC1N(C)C. The maximum Gasteiger partial charge on any atom is 0.134 e. The molecule has 100 valence electrons. The predicted molar refractivity (Wildman–Crippen MR) is 77.7 cm³/mol. The molecule has 2 rings (SSSR count). The molecule has 1 heterocycles. The van der Waals surface area contributed by atoms with Gasteiger partial charge in [0.1, 0.15) is 5.75 Å². The van der Waals surface area contributed by atoms with E-state index in [0.29, 0.717) is 17.7 Å². The third kappa shape index (κ3) is 2.87. The predicted octanol–water partition coefficient (Wildman–Crippen LogP) is 2.54. The molecule has 1 aliphatic rings. The summed E-state index contributed by atoms with van der Waals surface area (Å²) in [6.45, 7) is 5.28. The molecule has 2 unspecified atom stereocenters. The van der Waals surface area contributed by atoms with E-state index in [1.54, 1.807) is 0 Å². The highest BCUT2D eigenvalue weighted by Crippen LogP contribution is 2.30. The van der Waals surface area contributed by atoms with Crippen LogP contribution in [-0.4, -0.2) is 48.1 Å². The number of nitrogens with zero attached hydrogens (tertiary/aromatic N) is 2. The highest BCUT2D eigenvalue weighted by atomic mass is 79.9. The first-order valence-electron chi connectivity index (χ1n) is 6.34. The first kappa shape index (κ1) is 13.8. The lowest BCUT2D eigenvalue weighted by Crippen LogP contribution is -2.34. The molecular formula is C14H21BrN2O. The minimum Gasteiger partial charge on any atom is -0.506 e. The Morgan fingerprint density at radius 1 is 1.39 bits per heavy atom. The Bertz CT molecular complexity index is 422. The van der Waals surface area contributed by atoms with E-state index in [1.165, 1.54) is 0 Å². The molecule has 0 bridgehead atoms. The highest BCUT2D eigenvalue weighted by Gasteiger charge is 2.31. The number of para-hydroxylation sites is 1. The fraction of sp³-hybridized carbons (Fsp3) is 0.571. The molecule has 1 aromatic carbocycles. The van der Waals surface area contributed by atoms with Gasteiger partial charge in [0.15, 0.2) is 0 Å². The molecule has 0 amide bonds. The monoisotopic (exact) mass is 312 g/mol. The Hall–Kier alpha value is -0.580. The van der Waals surface area contributed by atoms with Gasteiger partial charge >= 0.3 is 0 Å². The topological polar surface area (TPSA) is 26.7 Å². The van der Waals surface area contributed by atoms with E-state index in [4.69, 9.17) is 0 Å². The lowest BCUT2D eigenvalue weighted by molar-refractivity contribution is 0.249. The normalized spacial score (nSPS) is 24.9. The fourth-order valence-corrected chi connectivity index (χ4v) is 3.19. The molecule has 1 fully saturated rings. The standard InChI is InChI=1S/C14H21BrN2O/c1-10-7-17(9-13(10)16(2)3)8-11-5-4-6-12(15)14(11)18/h4-6,10,13,18H,7-9H2,1-3H3. The van der Waals surface area contributed by atoms with E-state index >= 15 is 0 Å². The summed E-state index contributed by atoms with van der Waals surface area (Å²) in [5.74, 6) is 1.05. The molecule has 0 spiro atoms. The summed E-state index contributed by atoms with van der Waals surface area (Å²) in [7, 11) is 4.28. The molecule has 1 aliphatic heterocycles. The Labute approximate surface area is 118 Å². The highest BCUT2D eigenvalue weighted by molar-refractivity contribution is 9.10. The average molecular weight is 313 g/mol. The zero-order valence-corrected chi connectivity index (χ0v) is 12.8. The first-order chi connectivity index (χ1) is 8.49. The summed E-state index contributed by atoms with van der Waals surface area (Å²) in [6.07, 6.45) is 0. The van der Waals surface area contributed by atoms with E-state index in [9.17, 15) is 5.11 Å². The van der Waals surface area contributed by atoms with E-state index in [-0.39, 0.29) is 0 Å². The van der Waals surface area contributed by atoms with Crippen LogP contribution >= 0.6 is 15.9 Å². The zero-order valence-electron chi connectivity index (χ0n) is 11.2. The Balaban J connectivity index is 2.05. The fourth-order valence-electron chi connectivity index (χ4n) is 2.78. The van der Waals surface area contributed by atoms with E-state index in [2.05, 4.69) is 46.7 Å². The summed E-state index contributed by atoms with van der Waals surface area (Å²) >= 11 is 3.37. The number of phenols is 1. The Morgan fingerprint density at radius 3 is 2.72 bits per heavy atom. The third-order valence-corrected chi connectivity index (χ3v) is 4.42. The lowest BCUT2D eigenvalue weighted by atomic mass is 10.1. The van der Waals surface area contributed by atoms with Crippen LogP contribution in [0.5, 0.6) is 5.75 Å². The van der Waals surface area contributed by atoms with Crippen LogP contribution in [0.3, 0.4) is 0 Å². The number of likely N-dealkylation sites (tertiary alicyclic amines) is 1. The summed E-state index contributed by atoms with van der Waals surface area (Å²) in [5.41, 5.74) is 0.996. The molecule has 0 aromatic heterocycles. The van der Waals surface area contributed by atoms with Crippen molar-refractivity contribution in [2.75, 3.05) is 27.2 Å². The van der Waals surface area contributed by atoms with Crippen molar-refractivity contribution < 1.29 is 5.11 Å². The summed E-state index contributed by atoms with van der Waals surface area (Å²) in [4.78, 5) is 4.71. The van der Waals surface area contributed by atoms with Crippen LogP contribution in [0.2, 0.25) is 0 Å². The number of benzene rings is 1. The first-order valence-corrected chi connectivity index (χ1v) is 7.13. The number of rotatable bonds is 3. The molecular weight excluding hydrogens is 292 g/mol. The van der Waals surface area contributed by atoms with Gasteiger partial charge in [0.2, 0.25) is 0 Å². The second kappa shape index (κ2) is 5.59. The molecule has 1 saturated heterocycles. The van der Waals surface area contributed by atoms with Gasteiger partial charge in [0.05, 0.1) is 4.47 Å². The van der Waals surface area contributed by atoms with Crippen LogP contribution in [0, 0.1) is 5.92 Å². The van der Waals surface area contributed by atoms with Gasteiger partial charge in [-0.2, -0.15) is 0 Å². The van der Waals surface area contributed by atoms with Crippen molar-refractivity contribution in [3.63, 3.8) is 0 Å². The molecule has 1 N–H and O–H groups in total. The number of phenolic OH excluding ortho intramolecular Hbond substituents is 1. The third-order valence-electron chi connectivity index (χ3n) is 3.78. The van der Waals surface area contributed by atoms with Crippen molar-refractivity contribution >= 4 is 15.9 Å². The maximum atomic E-state index is 10.0. The largest absolute Gasteiger partial charge is 0.506 e. The number of hydrogen-bond donors (Lipinski definition) is 1. The van der Waals surface area contributed by atoms with E-state index in [0.717, 1.165) is 29.7 Å². The number of likely N-dealkylation sites (N-methyl/N-ethyl adjacent to an activating group) is 1. The van der Waals surface area contributed by atoms with Crippen LogP contribution in [-0.2, 0) is 6.54 Å². The Morgan fingerprint density at radius 2 is 2.11 bits per heavy atom. The molecule has 0 radical (unpaired) electrons. The Kier molecular flexibility index (Phi) is 4.30. The van der Waals surface area contributed by atoms with Crippen LogP contribution in [0.4, 0.5) is 0 Å². The number of aromatic hydroxyl groups is 1. The average Bonchev–Trinajstić information content (AvgIpc) is 2.66. The van der Waals surface area contributed by atoms with Gasteiger partial charge in [-0.1, -0.05) is 19.1 Å². The molecule has 2 atom stereocenters. The zero-order chi connectivity index (χ0) is 13.3. The van der Waals surface area contributed by atoms with Crippen molar-refractivity contribution in [2.24, 2.45) is 5.92 Å². The van der Waals surface area contributed by atoms with Gasteiger partial charge in [0, 0.05) is 31.2 Å². The van der Waals surface area contributed by atoms with Crippen LogP contribution in [0.25, 0.3) is 0 Å². The molecule has 18 heavy (non-hydrogen) atoms. The van der Waals surface area contributed by atoms with E-state index in [1.807, 2.05) is 18.2 Å². The van der Waals surface area contributed by atoms with Gasteiger partial charge in [-0.3, -0.25) is 4.90 Å². The van der Waals surface area contributed by atoms with Gasteiger partial charge in [-0.15, -0.1) is 0 Å². The summed E-state index contributed by atoms with van der Waals surface area (Å²) in [6, 6.07) is 6.45. The van der Waals surface area contributed by atoms with Crippen molar-refractivity contribution in [3.05, 3.63) is 28.2 Å². The van der Waals surface area contributed by atoms with Crippen molar-refractivity contribution in [1.82, 2.24) is 9.80 Å². The molecule has 0 saturated carbocycles.